The number of ether oxygens (including phenoxy) is 2. The third-order valence-corrected chi connectivity index (χ3v) is 3.90. The minimum Gasteiger partial charge on any atom is -0.486 e. The van der Waals surface area contributed by atoms with Crippen molar-refractivity contribution in [2.75, 3.05) is 13.2 Å². The molecule has 0 saturated heterocycles. The van der Waals surface area contributed by atoms with E-state index in [4.69, 9.17) is 15.3 Å². The van der Waals surface area contributed by atoms with Crippen LogP contribution in [-0.4, -0.2) is 23.0 Å². The van der Waals surface area contributed by atoms with Crippen LogP contribution in [0.25, 0.3) is 0 Å². The summed E-state index contributed by atoms with van der Waals surface area (Å²) in [7, 11) is 1.87. The number of rotatable bonds is 3. The van der Waals surface area contributed by atoms with Gasteiger partial charge in [-0.3, -0.25) is 10.5 Å². The maximum absolute atomic E-state index is 5.76. The molecular formula is C13H15BrN4O2. The van der Waals surface area contributed by atoms with Crippen LogP contribution in [0.4, 0.5) is 0 Å². The molecule has 1 aromatic carbocycles. The van der Waals surface area contributed by atoms with Crippen molar-refractivity contribution in [2.45, 2.75) is 6.04 Å². The Morgan fingerprint density at radius 2 is 2.20 bits per heavy atom. The summed E-state index contributed by atoms with van der Waals surface area (Å²) >= 11 is 3.50. The number of nitrogens with one attached hydrogen (secondary N) is 1. The Morgan fingerprint density at radius 1 is 1.40 bits per heavy atom. The lowest BCUT2D eigenvalue weighted by atomic mass is 10.0. The zero-order chi connectivity index (χ0) is 14.1. The predicted octanol–water partition coefficient (Wildman–Crippen LogP) is 1.51. The number of aryl methyl sites for hydroxylation is 1. The summed E-state index contributed by atoms with van der Waals surface area (Å²) in [5.41, 5.74) is 4.68. The highest BCUT2D eigenvalue weighted by atomic mass is 79.9. The summed E-state index contributed by atoms with van der Waals surface area (Å²) < 4.78 is 14.0. The van der Waals surface area contributed by atoms with Gasteiger partial charge in [0.15, 0.2) is 11.5 Å². The minimum atomic E-state index is -0.242. The molecule has 1 aliphatic heterocycles. The van der Waals surface area contributed by atoms with E-state index in [0.717, 1.165) is 27.2 Å². The molecule has 0 fully saturated rings. The number of hydrogen-bond acceptors (Lipinski definition) is 5. The van der Waals surface area contributed by atoms with Gasteiger partial charge in [-0.1, -0.05) is 12.1 Å². The van der Waals surface area contributed by atoms with Gasteiger partial charge in [-0.25, -0.2) is 5.43 Å². The first-order valence-electron chi connectivity index (χ1n) is 6.24. The second-order valence-electron chi connectivity index (χ2n) is 4.47. The molecule has 0 aliphatic carbocycles. The van der Waals surface area contributed by atoms with Gasteiger partial charge in [0, 0.05) is 12.6 Å². The van der Waals surface area contributed by atoms with E-state index in [-0.39, 0.29) is 6.04 Å². The largest absolute Gasteiger partial charge is 0.486 e. The van der Waals surface area contributed by atoms with Crippen molar-refractivity contribution >= 4 is 15.9 Å². The fourth-order valence-electron chi connectivity index (χ4n) is 2.38. The van der Waals surface area contributed by atoms with Crippen molar-refractivity contribution in [3.63, 3.8) is 0 Å². The molecule has 1 aromatic heterocycles. The lowest BCUT2D eigenvalue weighted by Gasteiger charge is -2.25. The topological polar surface area (TPSA) is 74.3 Å². The number of aromatic nitrogens is 2. The molecule has 0 spiro atoms. The first-order chi connectivity index (χ1) is 9.72. The second kappa shape index (κ2) is 5.43. The van der Waals surface area contributed by atoms with Gasteiger partial charge in [-0.2, -0.15) is 5.10 Å². The van der Waals surface area contributed by atoms with Crippen LogP contribution in [0.3, 0.4) is 0 Å². The molecular weight excluding hydrogens is 324 g/mol. The highest BCUT2D eigenvalue weighted by Crippen LogP contribution is 2.39. The minimum absolute atomic E-state index is 0.242. The zero-order valence-electron chi connectivity index (χ0n) is 11.0. The molecule has 3 N–H and O–H groups in total. The van der Waals surface area contributed by atoms with Crippen LogP contribution in [-0.2, 0) is 7.05 Å². The van der Waals surface area contributed by atoms with Crippen LogP contribution in [0, 0.1) is 0 Å². The summed E-state index contributed by atoms with van der Waals surface area (Å²) in [4.78, 5) is 0. The van der Waals surface area contributed by atoms with Crippen LogP contribution in [0.2, 0.25) is 0 Å². The first-order valence-corrected chi connectivity index (χ1v) is 7.03. The van der Waals surface area contributed by atoms with Crippen LogP contribution >= 0.6 is 15.9 Å². The molecule has 1 aliphatic rings. The predicted molar refractivity (Wildman–Crippen MR) is 77.5 cm³/mol. The van der Waals surface area contributed by atoms with E-state index in [9.17, 15) is 0 Å². The highest BCUT2D eigenvalue weighted by molar-refractivity contribution is 9.10. The maximum Gasteiger partial charge on any atom is 0.166 e. The van der Waals surface area contributed by atoms with Gasteiger partial charge in [0.25, 0.3) is 0 Å². The average molecular weight is 339 g/mol. The third kappa shape index (κ3) is 2.17. The number of benzene rings is 1. The number of hydrogen-bond donors (Lipinski definition) is 2. The molecule has 2 aromatic rings. The molecule has 6 nitrogen and oxygen atoms in total. The fraction of sp³-hybridized carbons (Fsp3) is 0.308. The van der Waals surface area contributed by atoms with Gasteiger partial charge in [0.05, 0.1) is 22.4 Å². The SMILES string of the molecule is Cn1ncc(Br)c1C(NN)c1cccc2c1OCCO2. The van der Waals surface area contributed by atoms with E-state index >= 15 is 0 Å². The van der Waals surface area contributed by atoms with Gasteiger partial charge in [0.1, 0.15) is 13.2 Å². The Morgan fingerprint density at radius 3 is 2.90 bits per heavy atom. The zero-order valence-corrected chi connectivity index (χ0v) is 12.6. The van der Waals surface area contributed by atoms with Crippen LogP contribution < -0.4 is 20.7 Å². The maximum atomic E-state index is 5.76. The normalized spacial score (nSPS) is 15.2. The van der Waals surface area contributed by atoms with Crippen LogP contribution in [0.1, 0.15) is 17.3 Å². The molecule has 7 heteroatoms. The number of fused-ring (bicyclic) bond motifs is 1. The Labute approximate surface area is 125 Å². The average Bonchev–Trinajstić information content (AvgIpc) is 2.81. The molecule has 0 bridgehead atoms. The molecule has 0 amide bonds. The van der Waals surface area contributed by atoms with E-state index in [1.54, 1.807) is 10.9 Å². The quantitative estimate of drug-likeness (QED) is 0.655. The molecule has 106 valence electrons. The number of hydrazine groups is 1. The molecule has 20 heavy (non-hydrogen) atoms. The Hall–Kier alpha value is -1.57. The Kier molecular flexibility index (Phi) is 3.64. The number of nitrogens with zero attached hydrogens (tertiary/aromatic N) is 2. The molecule has 1 unspecified atom stereocenters. The lowest BCUT2D eigenvalue weighted by molar-refractivity contribution is 0.169. The monoisotopic (exact) mass is 338 g/mol. The van der Waals surface area contributed by atoms with E-state index in [1.165, 1.54) is 0 Å². The van der Waals surface area contributed by atoms with Crippen molar-refractivity contribution in [3.8, 4) is 11.5 Å². The molecule has 2 heterocycles. The van der Waals surface area contributed by atoms with Crippen LogP contribution in [0.5, 0.6) is 11.5 Å². The molecule has 3 rings (SSSR count). The number of halogens is 1. The number of para-hydroxylation sites is 1. The van der Waals surface area contributed by atoms with E-state index < -0.39 is 0 Å². The lowest BCUT2D eigenvalue weighted by Crippen LogP contribution is -2.31. The summed E-state index contributed by atoms with van der Waals surface area (Å²) in [5.74, 6) is 7.23. The van der Waals surface area contributed by atoms with Crippen molar-refractivity contribution in [1.82, 2.24) is 15.2 Å². The Balaban J connectivity index is 2.11. The van der Waals surface area contributed by atoms with Gasteiger partial charge in [0.2, 0.25) is 0 Å². The molecule has 0 saturated carbocycles. The molecule has 0 radical (unpaired) electrons. The smallest absolute Gasteiger partial charge is 0.166 e. The van der Waals surface area contributed by atoms with Gasteiger partial charge in [-0.05, 0) is 22.0 Å². The summed E-state index contributed by atoms with van der Waals surface area (Å²) in [6, 6.07) is 5.55. The van der Waals surface area contributed by atoms with E-state index in [0.29, 0.717) is 13.2 Å². The summed E-state index contributed by atoms with van der Waals surface area (Å²) in [6.07, 6.45) is 1.74. The standard InChI is InChI=1S/C13H15BrN4O2/c1-18-12(9(14)7-16-18)11(17-15)8-3-2-4-10-13(8)20-6-5-19-10/h2-4,7,11,17H,5-6,15H2,1H3. The van der Waals surface area contributed by atoms with Gasteiger partial charge < -0.3 is 9.47 Å². The fourth-order valence-corrected chi connectivity index (χ4v) is 2.96. The van der Waals surface area contributed by atoms with Crippen molar-refractivity contribution in [3.05, 3.63) is 40.1 Å². The third-order valence-electron chi connectivity index (χ3n) is 3.29. The van der Waals surface area contributed by atoms with Crippen molar-refractivity contribution in [2.24, 2.45) is 12.9 Å². The van der Waals surface area contributed by atoms with Crippen molar-refractivity contribution in [1.29, 1.82) is 0 Å². The van der Waals surface area contributed by atoms with Crippen LogP contribution in [0.15, 0.2) is 28.9 Å². The summed E-state index contributed by atoms with van der Waals surface area (Å²) in [5, 5.41) is 4.22. The Bertz CT molecular complexity index is 609. The number of nitrogens with two attached hydrogens (primary N) is 1. The van der Waals surface area contributed by atoms with Gasteiger partial charge in [-0.15, -0.1) is 0 Å². The second-order valence-corrected chi connectivity index (χ2v) is 5.33. The van der Waals surface area contributed by atoms with Gasteiger partial charge >= 0.3 is 0 Å². The first kappa shape index (κ1) is 13.4. The molecule has 1 atom stereocenters. The van der Waals surface area contributed by atoms with Crippen molar-refractivity contribution < 1.29 is 9.47 Å². The highest BCUT2D eigenvalue weighted by Gasteiger charge is 2.26. The summed E-state index contributed by atoms with van der Waals surface area (Å²) in [6.45, 7) is 1.10. The van der Waals surface area contributed by atoms with E-state index in [2.05, 4.69) is 26.5 Å². The van der Waals surface area contributed by atoms with E-state index in [1.807, 2.05) is 25.2 Å².